The van der Waals surface area contributed by atoms with Crippen molar-refractivity contribution in [1.82, 2.24) is 0 Å². The van der Waals surface area contributed by atoms with E-state index in [9.17, 15) is 19.5 Å². The quantitative estimate of drug-likeness (QED) is 0.705. The molecule has 0 unspecified atom stereocenters. The Bertz CT molecular complexity index is 854. The average molecular weight is 389 g/mol. The molecule has 0 atom stereocenters. The zero-order valence-corrected chi connectivity index (χ0v) is 15.5. The number of aromatic hydroxyl groups is 1. The van der Waals surface area contributed by atoms with Gasteiger partial charge in [-0.05, 0) is 60.9 Å². The fourth-order valence-corrected chi connectivity index (χ4v) is 3.59. The normalized spacial score (nSPS) is 13.1. The summed E-state index contributed by atoms with van der Waals surface area (Å²) in [5.41, 5.74) is 1.51. The van der Waals surface area contributed by atoms with Crippen LogP contribution < -0.4 is 5.32 Å². The van der Waals surface area contributed by atoms with E-state index >= 15 is 0 Å². The number of carbonyl (C=O) groups is 3. The fourth-order valence-electron chi connectivity index (χ4n) is 2.55. The largest absolute Gasteiger partial charge is 0.508 e. The maximum absolute atomic E-state index is 12.3. The summed E-state index contributed by atoms with van der Waals surface area (Å²) in [6.07, 6.45) is 2.03. The number of thiophene rings is 1. The molecule has 0 radical (unpaired) electrons. The summed E-state index contributed by atoms with van der Waals surface area (Å²) in [6.45, 7) is 1.48. The Kier molecular flexibility index (Phi) is 5.75. The lowest BCUT2D eigenvalue weighted by Gasteiger charge is -2.09. The predicted molar refractivity (Wildman–Crippen MR) is 99.3 cm³/mol. The van der Waals surface area contributed by atoms with Gasteiger partial charge in [0.2, 0.25) is 0 Å². The van der Waals surface area contributed by atoms with Crippen LogP contribution in [-0.4, -0.2) is 36.2 Å². The summed E-state index contributed by atoms with van der Waals surface area (Å²) in [6, 6.07) is 5.51. The van der Waals surface area contributed by atoms with Crippen LogP contribution in [0, 0.1) is 0 Å². The van der Waals surface area contributed by atoms with Crippen LogP contribution in [0.1, 0.15) is 52.0 Å². The van der Waals surface area contributed by atoms with Crippen molar-refractivity contribution in [3.8, 4) is 5.75 Å². The Morgan fingerprint density at radius 3 is 2.48 bits per heavy atom. The average Bonchev–Trinajstić information content (AvgIpc) is 3.41. The van der Waals surface area contributed by atoms with Gasteiger partial charge in [-0.1, -0.05) is 0 Å². The number of ether oxygens (including phenoxy) is 2. The van der Waals surface area contributed by atoms with E-state index in [2.05, 4.69) is 5.32 Å². The summed E-state index contributed by atoms with van der Waals surface area (Å²) < 4.78 is 10.1. The molecule has 142 valence electrons. The third-order valence-electron chi connectivity index (χ3n) is 4.01. The van der Waals surface area contributed by atoms with Crippen molar-refractivity contribution < 1.29 is 29.0 Å². The molecule has 1 aliphatic carbocycles. The second-order valence-corrected chi connectivity index (χ2v) is 6.94. The van der Waals surface area contributed by atoms with Crippen molar-refractivity contribution in [2.24, 2.45) is 0 Å². The smallest absolute Gasteiger partial charge is 0.341 e. The topological polar surface area (TPSA) is 102 Å². The molecule has 0 saturated heterocycles. The second-order valence-electron chi connectivity index (χ2n) is 6.06. The van der Waals surface area contributed by atoms with E-state index in [0.717, 1.165) is 18.4 Å². The summed E-state index contributed by atoms with van der Waals surface area (Å²) in [5, 5.41) is 14.1. The van der Waals surface area contributed by atoms with Crippen LogP contribution in [0.5, 0.6) is 5.75 Å². The minimum atomic E-state index is -0.680. The molecule has 7 nitrogen and oxygen atoms in total. The summed E-state index contributed by atoms with van der Waals surface area (Å²) in [5.74, 6) is -1.33. The van der Waals surface area contributed by atoms with Gasteiger partial charge in [-0.3, -0.25) is 4.79 Å². The number of phenolic OH excluding ortho intramolecular Hbond substituents is 1. The number of nitrogens with one attached hydrogen (secondary N) is 1. The molecule has 1 amide bonds. The van der Waals surface area contributed by atoms with Crippen LogP contribution in [-0.2, 0) is 14.3 Å². The number of hydrogen-bond acceptors (Lipinski definition) is 7. The number of hydrogen-bond donors (Lipinski definition) is 2. The molecular formula is C19H19NO6S. The molecule has 1 heterocycles. The number of amides is 1. The van der Waals surface area contributed by atoms with Gasteiger partial charge in [0.05, 0.1) is 17.7 Å². The molecule has 0 spiro atoms. The first-order valence-electron chi connectivity index (χ1n) is 8.54. The molecule has 8 heteroatoms. The highest BCUT2D eigenvalue weighted by atomic mass is 32.1. The Labute approximate surface area is 159 Å². The van der Waals surface area contributed by atoms with Crippen LogP contribution in [0.15, 0.2) is 29.6 Å². The van der Waals surface area contributed by atoms with Crippen molar-refractivity contribution in [3.63, 3.8) is 0 Å². The predicted octanol–water partition coefficient (Wildman–Crippen LogP) is 3.30. The van der Waals surface area contributed by atoms with E-state index < -0.39 is 24.5 Å². The maximum Gasteiger partial charge on any atom is 0.341 e. The first-order valence-corrected chi connectivity index (χ1v) is 9.42. The van der Waals surface area contributed by atoms with E-state index in [-0.39, 0.29) is 17.9 Å². The Morgan fingerprint density at radius 2 is 1.85 bits per heavy atom. The third-order valence-corrected chi connectivity index (χ3v) is 4.92. The number of carbonyl (C=O) groups excluding carboxylic acids is 3. The van der Waals surface area contributed by atoms with Crippen molar-refractivity contribution in [1.29, 1.82) is 0 Å². The van der Waals surface area contributed by atoms with Gasteiger partial charge < -0.3 is 19.9 Å². The highest BCUT2D eigenvalue weighted by Gasteiger charge is 2.32. The van der Waals surface area contributed by atoms with Crippen LogP contribution in [0.25, 0.3) is 0 Å². The van der Waals surface area contributed by atoms with Crippen LogP contribution in [0.2, 0.25) is 0 Å². The van der Waals surface area contributed by atoms with E-state index in [0.29, 0.717) is 16.5 Å². The lowest BCUT2D eigenvalue weighted by atomic mass is 10.1. The van der Waals surface area contributed by atoms with Crippen molar-refractivity contribution in [2.75, 3.05) is 18.5 Å². The molecule has 1 aromatic heterocycles. The number of anilines is 1. The lowest BCUT2D eigenvalue weighted by Crippen LogP contribution is -2.21. The minimum absolute atomic E-state index is 0.0277. The van der Waals surface area contributed by atoms with Gasteiger partial charge in [-0.2, -0.15) is 0 Å². The van der Waals surface area contributed by atoms with Gasteiger partial charge >= 0.3 is 11.9 Å². The fraction of sp³-hybridized carbons (Fsp3) is 0.316. The molecule has 0 bridgehead atoms. The van der Waals surface area contributed by atoms with Crippen molar-refractivity contribution >= 4 is 34.2 Å². The zero-order valence-electron chi connectivity index (χ0n) is 14.7. The molecule has 1 saturated carbocycles. The standard InChI is InChI=1S/C19H19NO6S/c1-2-25-19(24)16-14(11-3-4-11)10-27-17(16)20-15(22)9-26-18(23)12-5-7-13(21)8-6-12/h5-8,10-11,21H,2-4,9H2,1H3,(H,20,22). The maximum atomic E-state index is 12.3. The second kappa shape index (κ2) is 8.22. The summed E-state index contributed by atoms with van der Waals surface area (Å²) in [7, 11) is 0. The van der Waals surface area contributed by atoms with Crippen LogP contribution in [0.4, 0.5) is 5.00 Å². The van der Waals surface area contributed by atoms with Gasteiger partial charge in [0.15, 0.2) is 6.61 Å². The van der Waals surface area contributed by atoms with Crippen molar-refractivity contribution in [3.05, 3.63) is 46.3 Å². The van der Waals surface area contributed by atoms with Crippen LogP contribution >= 0.6 is 11.3 Å². The Hall–Kier alpha value is -2.87. The molecule has 2 N–H and O–H groups in total. The SMILES string of the molecule is CCOC(=O)c1c(C2CC2)csc1NC(=O)COC(=O)c1ccc(O)cc1. The van der Waals surface area contributed by atoms with E-state index in [4.69, 9.17) is 9.47 Å². The molecular weight excluding hydrogens is 370 g/mol. The molecule has 1 fully saturated rings. The molecule has 27 heavy (non-hydrogen) atoms. The van der Waals surface area contributed by atoms with Gasteiger partial charge in [-0.15, -0.1) is 11.3 Å². The minimum Gasteiger partial charge on any atom is -0.508 e. The molecule has 2 aromatic rings. The summed E-state index contributed by atoms with van der Waals surface area (Å²) in [4.78, 5) is 36.3. The van der Waals surface area contributed by atoms with Gasteiger partial charge in [-0.25, -0.2) is 9.59 Å². The Morgan fingerprint density at radius 1 is 1.15 bits per heavy atom. The molecule has 3 rings (SSSR count). The van der Waals surface area contributed by atoms with Crippen molar-refractivity contribution in [2.45, 2.75) is 25.7 Å². The number of rotatable bonds is 7. The number of benzene rings is 1. The van der Waals surface area contributed by atoms with E-state index in [1.807, 2.05) is 5.38 Å². The third kappa shape index (κ3) is 4.65. The molecule has 1 aliphatic rings. The first kappa shape index (κ1) is 18.9. The van der Waals surface area contributed by atoms with Gasteiger partial charge in [0, 0.05) is 0 Å². The van der Waals surface area contributed by atoms with E-state index in [1.165, 1.54) is 35.6 Å². The number of esters is 2. The lowest BCUT2D eigenvalue weighted by molar-refractivity contribution is -0.119. The number of phenols is 1. The Balaban J connectivity index is 1.63. The highest BCUT2D eigenvalue weighted by Crippen LogP contribution is 2.46. The summed E-state index contributed by atoms with van der Waals surface area (Å²) >= 11 is 1.26. The molecule has 1 aromatic carbocycles. The zero-order chi connectivity index (χ0) is 19.4. The highest BCUT2D eigenvalue weighted by molar-refractivity contribution is 7.15. The first-order chi connectivity index (χ1) is 13.0. The van der Waals surface area contributed by atoms with Crippen LogP contribution in [0.3, 0.4) is 0 Å². The van der Waals surface area contributed by atoms with Gasteiger partial charge in [0.25, 0.3) is 5.91 Å². The molecule has 0 aliphatic heterocycles. The van der Waals surface area contributed by atoms with Gasteiger partial charge in [0.1, 0.15) is 10.8 Å². The van der Waals surface area contributed by atoms with E-state index in [1.54, 1.807) is 6.92 Å². The monoisotopic (exact) mass is 389 g/mol.